The molecule has 72 valence electrons. The first-order valence-electron chi connectivity index (χ1n) is 4.14. The van der Waals surface area contributed by atoms with Gasteiger partial charge in [-0.1, -0.05) is 17.7 Å². The van der Waals surface area contributed by atoms with Crippen LogP contribution in [0.5, 0.6) is 0 Å². The number of aliphatic hydroxyl groups excluding tert-OH is 2. The largest absolute Gasteiger partial charge is 0.390 e. The van der Waals surface area contributed by atoms with Crippen LogP contribution in [0.4, 0.5) is 4.39 Å². The Kier molecular flexibility index (Phi) is 3.01. The Labute approximate surface area is 76.6 Å². The summed E-state index contributed by atoms with van der Waals surface area (Å²) in [7, 11) is 0. The van der Waals surface area contributed by atoms with E-state index < -0.39 is 18.0 Å². The molecule has 1 aromatic rings. The molecule has 2 unspecified atom stereocenters. The highest BCUT2D eigenvalue weighted by atomic mass is 19.1. The zero-order valence-corrected chi connectivity index (χ0v) is 7.66. The lowest BCUT2D eigenvalue weighted by atomic mass is 10.0. The van der Waals surface area contributed by atoms with Crippen molar-refractivity contribution in [1.82, 2.24) is 0 Å². The molecule has 2 N–H and O–H groups in total. The van der Waals surface area contributed by atoms with E-state index >= 15 is 0 Å². The van der Waals surface area contributed by atoms with Crippen molar-refractivity contribution in [2.24, 2.45) is 0 Å². The standard InChI is InChI=1S/C10H13FO2/c1-6-3-4-9(11)8(5-6)10(13)7(2)12/h3-5,7,10,12-13H,1-2H3. The van der Waals surface area contributed by atoms with Gasteiger partial charge in [0.2, 0.25) is 0 Å². The van der Waals surface area contributed by atoms with Crippen molar-refractivity contribution in [1.29, 1.82) is 0 Å². The van der Waals surface area contributed by atoms with Crippen molar-refractivity contribution in [2.75, 3.05) is 0 Å². The van der Waals surface area contributed by atoms with Crippen LogP contribution in [0.25, 0.3) is 0 Å². The summed E-state index contributed by atoms with van der Waals surface area (Å²) < 4.78 is 13.1. The van der Waals surface area contributed by atoms with E-state index in [9.17, 15) is 9.50 Å². The third-order valence-corrected chi connectivity index (χ3v) is 1.93. The van der Waals surface area contributed by atoms with E-state index in [2.05, 4.69) is 0 Å². The van der Waals surface area contributed by atoms with Crippen molar-refractivity contribution in [3.05, 3.63) is 35.1 Å². The SMILES string of the molecule is Cc1ccc(F)c(C(O)C(C)O)c1. The van der Waals surface area contributed by atoms with Crippen molar-refractivity contribution in [3.63, 3.8) is 0 Å². The topological polar surface area (TPSA) is 40.5 Å². The lowest BCUT2D eigenvalue weighted by molar-refractivity contribution is 0.0283. The van der Waals surface area contributed by atoms with Crippen molar-refractivity contribution < 1.29 is 14.6 Å². The second kappa shape index (κ2) is 3.85. The highest BCUT2D eigenvalue weighted by Crippen LogP contribution is 2.21. The van der Waals surface area contributed by atoms with Crippen LogP contribution in [-0.4, -0.2) is 16.3 Å². The Hall–Kier alpha value is -0.930. The molecular formula is C10H13FO2. The molecule has 0 fully saturated rings. The van der Waals surface area contributed by atoms with Gasteiger partial charge in [0.05, 0.1) is 6.10 Å². The normalized spacial score (nSPS) is 15.5. The van der Waals surface area contributed by atoms with Crippen molar-refractivity contribution in [2.45, 2.75) is 26.1 Å². The first-order valence-corrected chi connectivity index (χ1v) is 4.14. The molecule has 0 aliphatic carbocycles. The Morgan fingerprint density at radius 3 is 2.46 bits per heavy atom. The lowest BCUT2D eigenvalue weighted by Gasteiger charge is -2.14. The zero-order chi connectivity index (χ0) is 10.0. The molecule has 2 atom stereocenters. The lowest BCUT2D eigenvalue weighted by Crippen LogP contribution is -2.15. The molecule has 3 heteroatoms. The summed E-state index contributed by atoms with van der Waals surface area (Å²) in [6, 6.07) is 4.44. The molecule has 2 nitrogen and oxygen atoms in total. The van der Waals surface area contributed by atoms with Crippen LogP contribution in [0.3, 0.4) is 0 Å². The van der Waals surface area contributed by atoms with Gasteiger partial charge in [0.1, 0.15) is 11.9 Å². The third-order valence-electron chi connectivity index (χ3n) is 1.93. The summed E-state index contributed by atoms with van der Waals surface area (Å²) >= 11 is 0. The van der Waals surface area contributed by atoms with Crippen LogP contribution >= 0.6 is 0 Å². The van der Waals surface area contributed by atoms with E-state index in [0.29, 0.717) is 0 Å². The van der Waals surface area contributed by atoms with Crippen LogP contribution in [0.15, 0.2) is 18.2 Å². The average molecular weight is 184 g/mol. The summed E-state index contributed by atoms with van der Waals surface area (Å²) in [6.07, 6.45) is -2.11. The number of aryl methyl sites for hydroxylation is 1. The maximum atomic E-state index is 13.1. The average Bonchev–Trinajstić information content (AvgIpc) is 2.08. The third kappa shape index (κ3) is 2.26. The first kappa shape index (κ1) is 10.2. The van der Waals surface area contributed by atoms with Gasteiger partial charge in [-0.25, -0.2) is 4.39 Å². The van der Waals surface area contributed by atoms with Crippen molar-refractivity contribution >= 4 is 0 Å². The Bertz CT molecular complexity index is 297. The van der Waals surface area contributed by atoms with E-state index in [1.807, 2.05) is 0 Å². The van der Waals surface area contributed by atoms with Crippen LogP contribution in [0.2, 0.25) is 0 Å². The van der Waals surface area contributed by atoms with Gasteiger partial charge in [0.15, 0.2) is 0 Å². The van der Waals surface area contributed by atoms with Gasteiger partial charge < -0.3 is 10.2 Å². The summed E-state index contributed by atoms with van der Waals surface area (Å²) in [6.45, 7) is 3.23. The molecular weight excluding hydrogens is 171 g/mol. The van der Waals surface area contributed by atoms with Gasteiger partial charge >= 0.3 is 0 Å². The fourth-order valence-electron chi connectivity index (χ4n) is 1.15. The predicted molar refractivity (Wildman–Crippen MR) is 47.8 cm³/mol. The first-order chi connectivity index (χ1) is 6.02. The molecule has 0 amide bonds. The molecule has 1 rings (SSSR count). The highest BCUT2D eigenvalue weighted by Gasteiger charge is 2.17. The van der Waals surface area contributed by atoms with E-state index in [1.54, 1.807) is 13.0 Å². The molecule has 0 spiro atoms. The minimum absolute atomic E-state index is 0.148. The fraction of sp³-hybridized carbons (Fsp3) is 0.400. The molecule has 13 heavy (non-hydrogen) atoms. The van der Waals surface area contributed by atoms with Gasteiger partial charge in [0, 0.05) is 5.56 Å². The highest BCUT2D eigenvalue weighted by molar-refractivity contribution is 5.26. The number of rotatable bonds is 2. The number of hydrogen-bond acceptors (Lipinski definition) is 2. The second-order valence-electron chi connectivity index (χ2n) is 3.21. The molecule has 0 aliphatic heterocycles. The summed E-state index contributed by atoms with van der Waals surface area (Å²) in [5.41, 5.74) is 1.01. The number of aliphatic hydroxyl groups is 2. The van der Waals surface area contributed by atoms with E-state index in [1.165, 1.54) is 19.1 Å². The smallest absolute Gasteiger partial charge is 0.129 e. The van der Waals surface area contributed by atoms with Crippen LogP contribution < -0.4 is 0 Å². The minimum atomic E-state index is -1.15. The predicted octanol–water partition coefficient (Wildman–Crippen LogP) is 1.55. The Morgan fingerprint density at radius 1 is 1.31 bits per heavy atom. The molecule has 0 heterocycles. The van der Waals surface area contributed by atoms with Crippen molar-refractivity contribution in [3.8, 4) is 0 Å². The summed E-state index contributed by atoms with van der Waals surface area (Å²) in [4.78, 5) is 0. The van der Waals surface area contributed by atoms with Crippen LogP contribution in [-0.2, 0) is 0 Å². The number of hydrogen-bond donors (Lipinski definition) is 2. The van der Waals surface area contributed by atoms with Gasteiger partial charge in [-0.3, -0.25) is 0 Å². The van der Waals surface area contributed by atoms with Crippen LogP contribution in [0.1, 0.15) is 24.2 Å². The second-order valence-corrected chi connectivity index (χ2v) is 3.21. The van der Waals surface area contributed by atoms with Gasteiger partial charge in [-0.15, -0.1) is 0 Å². The Morgan fingerprint density at radius 2 is 1.92 bits per heavy atom. The van der Waals surface area contributed by atoms with E-state index in [-0.39, 0.29) is 5.56 Å². The molecule has 0 radical (unpaired) electrons. The molecule has 0 saturated carbocycles. The number of halogens is 1. The molecule has 0 saturated heterocycles. The van der Waals surface area contributed by atoms with E-state index in [0.717, 1.165) is 5.56 Å². The molecule has 0 bridgehead atoms. The fourth-order valence-corrected chi connectivity index (χ4v) is 1.15. The molecule has 0 aliphatic rings. The maximum absolute atomic E-state index is 13.1. The van der Waals surface area contributed by atoms with Gasteiger partial charge in [-0.2, -0.15) is 0 Å². The summed E-state index contributed by atoms with van der Waals surface area (Å²) in [5, 5.41) is 18.5. The summed E-state index contributed by atoms with van der Waals surface area (Å²) in [5.74, 6) is -0.487. The molecule has 0 aromatic heterocycles. The quantitative estimate of drug-likeness (QED) is 0.732. The monoisotopic (exact) mass is 184 g/mol. The number of benzene rings is 1. The zero-order valence-electron chi connectivity index (χ0n) is 7.66. The maximum Gasteiger partial charge on any atom is 0.129 e. The van der Waals surface area contributed by atoms with Crippen LogP contribution in [0, 0.1) is 12.7 Å². The van der Waals surface area contributed by atoms with Gasteiger partial charge in [0.25, 0.3) is 0 Å². The van der Waals surface area contributed by atoms with E-state index in [4.69, 9.17) is 5.11 Å². The van der Waals surface area contributed by atoms with Gasteiger partial charge in [-0.05, 0) is 19.9 Å². The Balaban J connectivity index is 3.05. The molecule has 1 aromatic carbocycles. The minimum Gasteiger partial charge on any atom is -0.390 e.